The van der Waals surface area contributed by atoms with E-state index in [1.165, 1.54) is 23.2 Å². The van der Waals surface area contributed by atoms with Crippen LogP contribution in [0.5, 0.6) is 11.5 Å². The van der Waals surface area contributed by atoms with Crippen LogP contribution >= 0.6 is 11.6 Å². The molecule has 0 unspecified atom stereocenters. The first-order chi connectivity index (χ1) is 23.2. The quantitative estimate of drug-likeness (QED) is 0.114. The molecular formula is C37H30ClN3O7. The first kappa shape index (κ1) is 33.4. The molecule has 0 aliphatic heterocycles. The van der Waals surface area contributed by atoms with Crippen molar-refractivity contribution >= 4 is 41.0 Å². The van der Waals surface area contributed by atoms with E-state index in [-0.39, 0.29) is 35.7 Å². The summed E-state index contributed by atoms with van der Waals surface area (Å²) in [6, 6.07) is 30.3. The van der Waals surface area contributed by atoms with Crippen molar-refractivity contribution in [1.29, 1.82) is 0 Å². The van der Waals surface area contributed by atoms with E-state index in [0.29, 0.717) is 27.7 Å². The molecule has 0 aliphatic rings. The minimum absolute atomic E-state index is 0.00418. The summed E-state index contributed by atoms with van der Waals surface area (Å²) in [5.74, 6) is -1.54. The predicted molar refractivity (Wildman–Crippen MR) is 180 cm³/mol. The van der Waals surface area contributed by atoms with Crippen LogP contribution in [-0.4, -0.2) is 52.4 Å². The van der Waals surface area contributed by atoms with Gasteiger partial charge in [0.2, 0.25) is 5.91 Å². The molecule has 1 heterocycles. The summed E-state index contributed by atoms with van der Waals surface area (Å²) in [4.78, 5) is 55.6. The standard InChI is InChI=1S/C37H30ClN3O7/c1-47-31-15-2-24(3-16-31)20-34(42)40-30-13-8-27(9-14-30)36(45)41(23-35(43)44)22-25-4-17-32(18-5-25)48-37(46)28-10-19-33(39-21-28)26-6-11-29(38)12-7-26/h2-19,21H,20,22-23H2,1H3,(H,40,42)(H,43,44). The number of carboxylic acid groups (broad SMARTS) is 1. The largest absolute Gasteiger partial charge is 0.497 e. The van der Waals surface area contributed by atoms with Crippen molar-refractivity contribution in [3.63, 3.8) is 0 Å². The summed E-state index contributed by atoms with van der Waals surface area (Å²) in [5.41, 5.74) is 3.98. The van der Waals surface area contributed by atoms with E-state index in [4.69, 9.17) is 21.1 Å². The second kappa shape index (κ2) is 15.5. The SMILES string of the molecule is COc1ccc(CC(=O)Nc2ccc(C(=O)N(CC(=O)O)Cc3ccc(OC(=O)c4ccc(-c5ccc(Cl)cc5)nc4)cc3)cc2)cc1. The highest BCUT2D eigenvalue weighted by Crippen LogP contribution is 2.22. The molecular weight excluding hydrogens is 634 g/mol. The Morgan fingerprint density at radius 3 is 2.00 bits per heavy atom. The van der Waals surface area contributed by atoms with Crippen LogP contribution < -0.4 is 14.8 Å². The van der Waals surface area contributed by atoms with E-state index in [2.05, 4.69) is 10.3 Å². The molecule has 5 rings (SSSR count). The van der Waals surface area contributed by atoms with Crippen molar-refractivity contribution < 1.29 is 33.8 Å². The van der Waals surface area contributed by atoms with E-state index in [9.17, 15) is 24.3 Å². The Bertz CT molecular complexity index is 1890. The van der Waals surface area contributed by atoms with Crippen LogP contribution in [0.3, 0.4) is 0 Å². The van der Waals surface area contributed by atoms with Crippen LogP contribution in [-0.2, 0) is 22.6 Å². The van der Waals surface area contributed by atoms with E-state index in [1.807, 2.05) is 12.1 Å². The van der Waals surface area contributed by atoms with Gasteiger partial charge in [0.1, 0.15) is 18.0 Å². The fraction of sp³-hybridized carbons (Fsp3) is 0.108. The number of aliphatic carboxylic acids is 1. The van der Waals surface area contributed by atoms with Crippen LogP contribution in [0, 0.1) is 0 Å². The molecule has 0 atom stereocenters. The van der Waals surface area contributed by atoms with Crippen molar-refractivity contribution in [2.75, 3.05) is 19.0 Å². The number of carboxylic acids is 1. The number of hydrogen-bond donors (Lipinski definition) is 2. The lowest BCUT2D eigenvalue weighted by atomic mass is 10.1. The average Bonchev–Trinajstić information content (AvgIpc) is 3.09. The zero-order chi connectivity index (χ0) is 34.0. The zero-order valence-corrected chi connectivity index (χ0v) is 26.5. The van der Waals surface area contributed by atoms with E-state index < -0.39 is 24.4 Å². The van der Waals surface area contributed by atoms with E-state index >= 15 is 0 Å². The molecule has 48 heavy (non-hydrogen) atoms. The van der Waals surface area contributed by atoms with Crippen molar-refractivity contribution in [1.82, 2.24) is 9.88 Å². The number of methoxy groups -OCH3 is 1. The number of nitrogens with one attached hydrogen (secondary N) is 1. The second-order valence-corrected chi connectivity index (χ2v) is 11.1. The van der Waals surface area contributed by atoms with Crippen LogP contribution in [0.25, 0.3) is 11.3 Å². The lowest BCUT2D eigenvalue weighted by molar-refractivity contribution is -0.137. The maximum atomic E-state index is 13.3. The van der Waals surface area contributed by atoms with Crippen molar-refractivity contribution in [3.05, 3.63) is 143 Å². The number of esters is 1. The lowest BCUT2D eigenvalue weighted by Crippen LogP contribution is -2.35. The molecule has 2 amide bonds. The molecule has 0 saturated heterocycles. The smallest absolute Gasteiger partial charge is 0.345 e. The molecule has 0 radical (unpaired) electrons. The van der Waals surface area contributed by atoms with Gasteiger partial charge in [-0.05, 0) is 83.9 Å². The molecule has 10 nitrogen and oxygen atoms in total. The minimum atomic E-state index is -1.17. The number of ether oxygens (including phenoxy) is 2. The Hall–Kier alpha value is -6.00. The topological polar surface area (TPSA) is 135 Å². The minimum Gasteiger partial charge on any atom is -0.497 e. The number of rotatable bonds is 12. The number of benzene rings is 4. The molecule has 11 heteroatoms. The molecule has 0 aliphatic carbocycles. The Morgan fingerprint density at radius 1 is 0.771 bits per heavy atom. The van der Waals surface area contributed by atoms with E-state index in [0.717, 1.165) is 11.1 Å². The summed E-state index contributed by atoms with van der Waals surface area (Å²) in [5, 5.41) is 12.9. The first-order valence-electron chi connectivity index (χ1n) is 14.7. The normalized spacial score (nSPS) is 10.5. The number of carbonyl (C=O) groups is 4. The molecule has 0 spiro atoms. The van der Waals surface area contributed by atoms with Gasteiger partial charge in [-0.1, -0.05) is 48.0 Å². The Morgan fingerprint density at radius 2 is 1.40 bits per heavy atom. The summed E-state index contributed by atoms with van der Waals surface area (Å²) in [7, 11) is 1.57. The lowest BCUT2D eigenvalue weighted by Gasteiger charge is -2.21. The van der Waals surface area contributed by atoms with Gasteiger partial charge >= 0.3 is 11.9 Å². The monoisotopic (exact) mass is 663 g/mol. The third-order valence-corrected chi connectivity index (χ3v) is 7.45. The average molecular weight is 664 g/mol. The highest BCUT2D eigenvalue weighted by molar-refractivity contribution is 6.30. The van der Waals surface area contributed by atoms with Gasteiger partial charge in [-0.2, -0.15) is 0 Å². The molecule has 0 saturated carbocycles. The van der Waals surface area contributed by atoms with Gasteiger partial charge in [0.15, 0.2) is 0 Å². The van der Waals surface area contributed by atoms with Crippen LogP contribution in [0.1, 0.15) is 31.8 Å². The van der Waals surface area contributed by atoms with Gasteiger partial charge in [-0.15, -0.1) is 0 Å². The molecule has 1 aromatic heterocycles. The van der Waals surface area contributed by atoms with Crippen LogP contribution in [0.2, 0.25) is 5.02 Å². The molecule has 2 N–H and O–H groups in total. The highest BCUT2D eigenvalue weighted by atomic mass is 35.5. The second-order valence-electron chi connectivity index (χ2n) is 10.7. The number of amides is 2. The number of carbonyl (C=O) groups excluding carboxylic acids is 3. The number of pyridine rings is 1. The fourth-order valence-electron chi connectivity index (χ4n) is 4.73. The Balaban J connectivity index is 1.17. The summed E-state index contributed by atoms with van der Waals surface area (Å²) in [6.45, 7) is -0.537. The van der Waals surface area contributed by atoms with Gasteiger partial charge in [0.05, 0.1) is 24.8 Å². The predicted octanol–water partition coefficient (Wildman–Crippen LogP) is 6.54. The Kier molecular flexibility index (Phi) is 10.8. The molecule has 4 aromatic carbocycles. The Labute approximate surface area is 281 Å². The van der Waals surface area contributed by atoms with Gasteiger partial charge in [0.25, 0.3) is 5.91 Å². The number of halogens is 1. The summed E-state index contributed by atoms with van der Waals surface area (Å²) in [6.07, 6.45) is 1.59. The molecule has 0 fully saturated rings. The van der Waals surface area contributed by atoms with Gasteiger partial charge in [0, 0.05) is 34.6 Å². The summed E-state index contributed by atoms with van der Waals surface area (Å²) >= 11 is 5.94. The van der Waals surface area contributed by atoms with Crippen molar-refractivity contribution in [2.24, 2.45) is 0 Å². The third-order valence-electron chi connectivity index (χ3n) is 7.20. The molecule has 242 valence electrons. The first-order valence-corrected chi connectivity index (χ1v) is 15.1. The van der Waals surface area contributed by atoms with Crippen molar-refractivity contribution in [2.45, 2.75) is 13.0 Å². The fourth-order valence-corrected chi connectivity index (χ4v) is 4.86. The van der Waals surface area contributed by atoms with Gasteiger partial charge in [-0.25, -0.2) is 4.79 Å². The van der Waals surface area contributed by atoms with E-state index in [1.54, 1.807) is 92.0 Å². The molecule has 5 aromatic rings. The maximum Gasteiger partial charge on any atom is 0.345 e. The zero-order valence-electron chi connectivity index (χ0n) is 25.8. The summed E-state index contributed by atoms with van der Waals surface area (Å²) < 4.78 is 10.6. The van der Waals surface area contributed by atoms with Gasteiger partial charge < -0.3 is 24.8 Å². The maximum absolute atomic E-state index is 13.3. The highest BCUT2D eigenvalue weighted by Gasteiger charge is 2.20. The van der Waals surface area contributed by atoms with Crippen LogP contribution in [0.15, 0.2) is 115 Å². The van der Waals surface area contributed by atoms with Gasteiger partial charge in [-0.3, -0.25) is 19.4 Å². The van der Waals surface area contributed by atoms with Crippen LogP contribution in [0.4, 0.5) is 5.69 Å². The number of nitrogens with zero attached hydrogens (tertiary/aromatic N) is 2. The number of anilines is 1. The number of hydrogen-bond acceptors (Lipinski definition) is 7. The van der Waals surface area contributed by atoms with Crippen molar-refractivity contribution in [3.8, 4) is 22.8 Å². The third kappa shape index (κ3) is 9.05. The molecule has 0 bridgehead atoms. The number of aromatic nitrogens is 1.